The number of thioether (sulfide) groups is 1. The molecule has 22 heavy (non-hydrogen) atoms. The number of hydrogen-bond donors (Lipinski definition) is 1. The molecule has 2 nitrogen and oxygen atoms in total. The van der Waals surface area contributed by atoms with Crippen molar-refractivity contribution in [3.63, 3.8) is 0 Å². The van der Waals surface area contributed by atoms with Gasteiger partial charge in [-0.2, -0.15) is 11.8 Å². The Morgan fingerprint density at radius 1 is 1.27 bits per heavy atom. The van der Waals surface area contributed by atoms with Crippen LogP contribution in [0.25, 0.3) is 0 Å². The Hall–Kier alpha value is -0.720. The number of nitrogens with one attached hydrogen (secondary N) is 1. The van der Waals surface area contributed by atoms with Crippen LogP contribution in [-0.4, -0.2) is 18.2 Å². The minimum Gasteiger partial charge on any atom is -0.351 e. The van der Waals surface area contributed by atoms with E-state index in [1.165, 1.54) is 0 Å². The molecule has 1 N–H and O–H groups in total. The Morgan fingerprint density at radius 3 is 2.77 bits per heavy atom. The Balaban J connectivity index is 1.75. The highest BCUT2D eigenvalue weighted by Crippen LogP contribution is 2.20. The largest absolute Gasteiger partial charge is 0.351 e. The van der Waals surface area contributed by atoms with Gasteiger partial charge in [-0.1, -0.05) is 41.4 Å². The number of halogens is 2. The fourth-order valence-corrected chi connectivity index (χ4v) is 3.99. The second-order valence-electron chi connectivity index (χ2n) is 4.88. The highest BCUT2D eigenvalue weighted by Gasteiger charge is 2.09. The summed E-state index contributed by atoms with van der Waals surface area (Å²) in [6.07, 6.45) is 0. The van der Waals surface area contributed by atoms with Gasteiger partial charge < -0.3 is 5.32 Å². The SMILES string of the molecule is Cc1ccc(C(=O)NCCSCc2ccccc2Cl)c(I)c1. The average Bonchev–Trinajstić information content (AvgIpc) is 2.48. The van der Waals surface area contributed by atoms with Crippen molar-refractivity contribution in [2.45, 2.75) is 12.7 Å². The van der Waals surface area contributed by atoms with Gasteiger partial charge in [0.25, 0.3) is 5.91 Å². The first-order chi connectivity index (χ1) is 10.6. The molecule has 0 radical (unpaired) electrons. The van der Waals surface area contributed by atoms with Crippen LogP contribution in [0, 0.1) is 10.5 Å². The molecule has 1 amide bonds. The molecule has 116 valence electrons. The van der Waals surface area contributed by atoms with Crippen molar-refractivity contribution in [2.75, 3.05) is 12.3 Å². The predicted octanol–water partition coefficient (Wildman–Crippen LogP) is 4.92. The second kappa shape index (κ2) is 8.79. The van der Waals surface area contributed by atoms with Crippen LogP contribution in [0.5, 0.6) is 0 Å². The number of rotatable bonds is 6. The molecule has 0 atom stereocenters. The van der Waals surface area contributed by atoms with Crippen LogP contribution < -0.4 is 5.32 Å². The van der Waals surface area contributed by atoms with E-state index in [-0.39, 0.29) is 5.91 Å². The molecule has 2 aromatic carbocycles. The van der Waals surface area contributed by atoms with Crippen LogP contribution in [0.4, 0.5) is 0 Å². The summed E-state index contributed by atoms with van der Waals surface area (Å²) in [5, 5.41) is 3.76. The topological polar surface area (TPSA) is 29.1 Å². The highest BCUT2D eigenvalue weighted by molar-refractivity contribution is 14.1. The first kappa shape index (κ1) is 17.6. The van der Waals surface area contributed by atoms with Gasteiger partial charge in [0.1, 0.15) is 0 Å². The van der Waals surface area contributed by atoms with E-state index >= 15 is 0 Å². The van der Waals surface area contributed by atoms with E-state index in [1.807, 2.05) is 49.4 Å². The van der Waals surface area contributed by atoms with Crippen molar-refractivity contribution in [1.29, 1.82) is 0 Å². The van der Waals surface area contributed by atoms with Crippen molar-refractivity contribution < 1.29 is 4.79 Å². The van der Waals surface area contributed by atoms with Crippen molar-refractivity contribution >= 4 is 51.9 Å². The monoisotopic (exact) mass is 445 g/mol. The molecule has 0 aliphatic carbocycles. The van der Waals surface area contributed by atoms with Gasteiger partial charge in [0.15, 0.2) is 0 Å². The number of carbonyl (C=O) groups is 1. The zero-order valence-electron chi connectivity index (χ0n) is 12.2. The van der Waals surface area contributed by atoms with Crippen LogP contribution in [0.2, 0.25) is 5.02 Å². The van der Waals surface area contributed by atoms with Gasteiger partial charge >= 0.3 is 0 Å². The standard InChI is InChI=1S/C17H17ClINOS/c1-12-6-7-14(16(19)10-12)17(21)20-8-9-22-11-13-4-2-3-5-15(13)18/h2-7,10H,8-9,11H2,1H3,(H,20,21). The lowest BCUT2D eigenvalue weighted by molar-refractivity contribution is 0.0955. The summed E-state index contributed by atoms with van der Waals surface area (Å²) in [6, 6.07) is 13.7. The van der Waals surface area contributed by atoms with Gasteiger partial charge in [-0.3, -0.25) is 4.79 Å². The molecule has 0 aromatic heterocycles. The van der Waals surface area contributed by atoms with Crippen molar-refractivity contribution in [2.24, 2.45) is 0 Å². The molecule has 0 aliphatic rings. The normalized spacial score (nSPS) is 10.5. The molecule has 5 heteroatoms. The van der Waals surface area contributed by atoms with Crippen molar-refractivity contribution in [1.82, 2.24) is 5.32 Å². The maximum atomic E-state index is 12.1. The minimum absolute atomic E-state index is 0.0113. The summed E-state index contributed by atoms with van der Waals surface area (Å²) >= 11 is 10.1. The van der Waals surface area contributed by atoms with Crippen LogP contribution in [-0.2, 0) is 5.75 Å². The molecule has 0 aliphatic heterocycles. The zero-order valence-corrected chi connectivity index (χ0v) is 16.0. The number of carbonyl (C=O) groups excluding carboxylic acids is 1. The fraction of sp³-hybridized carbons (Fsp3) is 0.235. The van der Waals surface area contributed by atoms with Gasteiger partial charge in [-0.15, -0.1) is 0 Å². The van der Waals surface area contributed by atoms with E-state index in [0.717, 1.165) is 36.8 Å². The Bertz CT molecular complexity index is 663. The van der Waals surface area contributed by atoms with E-state index in [1.54, 1.807) is 11.8 Å². The third-order valence-corrected chi connectivity index (χ3v) is 5.39. The quantitative estimate of drug-likeness (QED) is 0.505. The molecule has 0 saturated carbocycles. The van der Waals surface area contributed by atoms with Crippen molar-refractivity contribution in [3.05, 3.63) is 67.7 Å². The van der Waals surface area contributed by atoms with Gasteiger partial charge in [0.2, 0.25) is 0 Å². The Labute approximate surface area is 154 Å². The van der Waals surface area contributed by atoms with E-state index in [0.29, 0.717) is 6.54 Å². The maximum absolute atomic E-state index is 12.1. The number of benzene rings is 2. The van der Waals surface area contributed by atoms with Crippen LogP contribution in [0.3, 0.4) is 0 Å². The third-order valence-electron chi connectivity index (χ3n) is 3.12. The third kappa shape index (κ3) is 5.18. The molecular formula is C17H17ClINOS. The maximum Gasteiger partial charge on any atom is 0.252 e. The first-order valence-corrected chi connectivity index (χ1v) is 9.54. The molecule has 0 saturated heterocycles. The van der Waals surface area contributed by atoms with Crippen LogP contribution in [0.15, 0.2) is 42.5 Å². The molecule has 2 aromatic rings. The fourth-order valence-electron chi connectivity index (χ4n) is 1.93. The van der Waals surface area contributed by atoms with Crippen LogP contribution >= 0.6 is 46.0 Å². The smallest absolute Gasteiger partial charge is 0.252 e. The molecule has 0 bridgehead atoms. The molecule has 2 rings (SSSR count). The van der Waals surface area contributed by atoms with Gasteiger partial charge in [0.05, 0.1) is 5.56 Å². The molecule has 0 unspecified atom stereocenters. The predicted molar refractivity (Wildman–Crippen MR) is 104 cm³/mol. The average molecular weight is 446 g/mol. The second-order valence-corrected chi connectivity index (χ2v) is 7.56. The molecule has 0 fully saturated rings. The lowest BCUT2D eigenvalue weighted by atomic mass is 10.1. The van der Waals surface area contributed by atoms with E-state index in [2.05, 4.69) is 27.9 Å². The van der Waals surface area contributed by atoms with E-state index in [9.17, 15) is 4.79 Å². The van der Waals surface area contributed by atoms with Gasteiger partial charge in [-0.05, 0) is 53.3 Å². The number of hydrogen-bond acceptors (Lipinski definition) is 2. The molecule has 0 heterocycles. The summed E-state index contributed by atoms with van der Waals surface area (Å²) in [5.74, 6) is 1.71. The minimum atomic E-state index is -0.0113. The lowest BCUT2D eigenvalue weighted by Crippen LogP contribution is -2.26. The first-order valence-electron chi connectivity index (χ1n) is 6.93. The molecule has 0 spiro atoms. The lowest BCUT2D eigenvalue weighted by Gasteiger charge is -2.08. The summed E-state index contributed by atoms with van der Waals surface area (Å²) in [7, 11) is 0. The van der Waals surface area contributed by atoms with Crippen molar-refractivity contribution in [3.8, 4) is 0 Å². The number of amides is 1. The van der Waals surface area contributed by atoms with Crippen LogP contribution in [0.1, 0.15) is 21.5 Å². The van der Waals surface area contributed by atoms with E-state index < -0.39 is 0 Å². The zero-order chi connectivity index (χ0) is 15.9. The molecular weight excluding hydrogens is 429 g/mol. The summed E-state index contributed by atoms with van der Waals surface area (Å²) in [5.41, 5.74) is 3.03. The summed E-state index contributed by atoms with van der Waals surface area (Å²) in [6.45, 7) is 2.67. The Kier molecular flexibility index (Phi) is 7.05. The van der Waals surface area contributed by atoms with Gasteiger partial charge in [-0.25, -0.2) is 0 Å². The summed E-state index contributed by atoms with van der Waals surface area (Å²) < 4.78 is 0.985. The van der Waals surface area contributed by atoms with Gasteiger partial charge in [0, 0.05) is 26.6 Å². The number of aryl methyl sites for hydroxylation is 1. The van der Waals surface area contributed by atoms with E-state index in [4.69, 9.17) is 11.6 Å². The highest BCUT2D eigenvalue weighted by atomic mass is 127. The Morgan fingerprint density at radius 2 is 2.05 bits per heavy atom. The summed E-state index contributed by atoms with van der Waals surface area (Å²) in [4.78, 5) is 12.1.